The SMILES string of the molecule is CC(CCC#N)c1nc(Cc2cccnc2)no1. The first-order valence-corrected chi connectivity index (χ1v) is 5.88. The van der Waals surface area contributed by atoms with Gasteiger partial charge in [-0.3, -0.25) is 4.98 Å². The summed E-state index contributed by atoms with van der Waals surface area (Å²) in [4.78, 5) is 8.38. The standard InChI is InChI=1S/C13H14N4O/c1-10(4-2-6-14)13-16-12(17-18-13)8-11-5-3-7-15-9-11/h3,5,7,9-10H,2,4,8H2,1H3. The minimum Gasteiger partial charge on any atom is -0.339 e. The van der Waals surface area contributed by atoms with E-state index >= 15 is 0 Å². The van der Waals surface area contributed by atoms with Gasteiger partial charge in [0.15, 0.2) is 5.82 Å². The molecule has 0 amide bonds. The van der Waals surface area contributed by atoms with Crippen molar-refractivity contribution in [2.45, 2.75) is 32.1 Å². The number of aromatic nitrogens is 3. The second kappa shape index (κ2) is 5.92. The third kappa shape index (κ3) is 3.14. The quantitative estimate of drug-likeness (QED) is 0.805. The first kappa shape index (κ1) is 12.2. The van der Waals surface area contributed by atoms with Gasteiger partial charge in [0, 0.05) is 31.2 Å². The van der Waals surface area contributed by atoms with Crippen molar-refractivity contribution in [3.63, 3.8) is 0 Å². The molecule has 0 aliphatic heterocycles. The van der Waals surface area contributed by atoms with Crippen LogP contribution in [-0.2, 0) is 6.42 Å². The van der Waals surface area contributed by atoms with Crippen LogP contribution in [0.1, 0.15) is 43.0 Å². The number of hydrogen-bond donors (Lipinski definition) is 0. The average molecular weight is 242 g/mol. The van der Waals surface area contributed by atoms with Crippen LogP contribution in [0, 0.1) is 11.3 Å². The zero-order valence-electron chi connectivity index (χ0n) is 10.2. The minimum atomic E-state index is 0.125. The summed E-state index contributed by atoms with van der Waals surface area (Å²) >= 11 is 0. The summed E-state index contributed by atoms with van der Waals surface area (Å²) in [5.74, 6) is 1.38. The molecule has 0 radical (unpaired) electrons. The molecule has 0 aliphatic rings. The van der Waals surface area contributed by atoms with E-state index in [1.165, 1.54) is 0 Å². The molecule has 2 rings (SSSR count). The van der Waals surface area contributed by atoms with Crippen LogP contribution in [0.3, 0.4) is 0 Å². The van der Waals surface area contributed by atoms with E-state index < -0.39 is 0 Å². The summed E-state index contributed by atoms with van der Waals surface area (Å²) in [5.41, 5.74) is 1.05. The van der Waals surface area contributed by atoms with Crippen molar-refractivity contribution in [1.82, 2.24) is 15.1 Å². The summed E-state index contributed by atoms with van der Waals surface area (Å²) in [6, 6.07) is 5.97. The molecule has 2 heterocycles. The first-order valence-electron chi connectivity index (χ1n) is 5.88. The Morgan fingerprint density at radius 1 is 1.50 bits per heavy atom. The van der Waals surface area contributed by atoms with Gasteiger partial charge >= 0.3 is 0 Å². The monoisotopic (exact) mass is 242 g/mol. The maximum atomic E-state index is 8.54. The Balaban J connectivity index is 2.00. The van der Waals surface area contributed by atoms with Gasteiger partial charge < -0.3 is 4.52 Å². The molecule has 0 saturated carbocycles. The molecule has 18 heavy (non-hydrogen) atoms. The summed E-state index contributed by atoms with van der Waals surface area (Å²) in [6.45, 7) is 1.98. The fourth-order valence-corrected chi connectivity index (χ4v) is 1.63. The van der Waals surface area contributed by atoms with Crippen molar-refractivity contribution in [2.24, 2.45) is 0 Å². The zero-order valence-corrected chi connectivity index (χ0v) is 10.2. The van der Waals surface area contributed by atoms with Crippen molar-refractivity contribution in [1.29, 1.82) is 5.26 Å². The van der Waals surface area contributed by atoms with Crippen LogP contribution in [-0.4, -0.2) is 15.1 Å². The molecule has 2 aromatic rings. The van der Waals surface area contributed by atoms with Gasteiger partial charge in [0.25, 0.3) is 0 Å². The van der Waals surface area contributed by atoms with E-state index in [9.17, 15) is 0 Å². The molecule has 5 nitrogen and oxygen atoms in total. The summed E-state index contributed by atoms with van der Waals surface area (Å²) in [7, 11) is 0. The number of pyridine rings is 1. The lowest BCUT2D eigenvalue weighted by molar-refractivity contribution is 0.351. The predicted molar refractivity (Wildman–Crippen MR) is 64.6 cm³/mol. The Morgan fingerprint density at radius 3 is 3.11 bits per heavy atom. The Bertz CT molecular complexity index is 529. The van der Waals surface area contributed by atoms with Crippen LogP contribution in [0.2, 0.25) is 0 Å². The maximum Gasteiger partial charge on any atom is 0.229 e. The molecule has 0 spiro atoms. The molecule has 92 valence electrons. The molecule has 5 heteroatoms. The molecule has 1 unspecified atom stereocenters. The number of rotatable bonds is 5. The van der Waals surface area contributed by atoms with E-state index in [1.54, 1.807) is 12.4 Å². The fourth-order valence-electron chi connectivity index (χ4n) is 1.63. The molecule has 2 aromatic heterocycles. The highest BCUT2D eigenvalue weighted by Gasteiger charge is 2.14. The zero-order chi connectivity index (χ0) is 12.8. The second-order valence-corrected chi connectivity index (χ2v) is 4.18. The van der Waals surface area contributed by atoms with Crippen LogP contribution < -0.4 is 0 Å². The van der Waals surface area contributed by atoms with E-state index in [-0.39, 0.29) is 5.92 Å². The van der Waals surface area contributed by atoms with E-state index in [0.717, 1.165) is 12.0 Å². The third-order valence-corrected chi connectivity index (χ3v) is 2.68. The second-order valence-electron chi connectivity index (χ2n) is 4.18. The van der Waals surface area contributed by atoms with Crippen molar-refractivity contribution >= 4 is 0 Å². The molecule has 0 aromatic carbocycles. The summed E-state index contributed by atoms with van der Waals surface area (Å²) in [6.07, 6.45) is 5.37. The van der Waals surface area contributed by atoms with Crippen LogP contribution >= 0.6 is 0 Å². The highest BCUT2D eigenvalue weighted by atomic mass is 16.5. The molecule has 0 fully saturated rings. The number of nitrogens with zero attached hydrogens (tertiary/aromatic N) is 4. The van der Waals surface area contributed by atoms with Crippen molar-refractivity contribution in [3.8, 4) is 6.07 Å². The van der Waals surface area contributed by atoms with Gasteiger partial charge in [-0.25, -0.2) is 0 Å². The van der Waals surface area contributed by atoms with Crippen LogP contribution in [0.15, 0.2) is 29.0 Å². The molecule has 0 bridgehead atoms. The van der Waals surface area contributed by atoms with Gasteiger partial charge in [0.2, 0.25) is 5.89 Å². The minimum absolute atomic E-state index is 0.125. The van der Waals surface area contributed by atoms with Gasteiger partial charge in [-0.2, -0.15) is 10.2 Å². The Morgan fingerprint density at radius 2 is 2.39 bits per heavy atom. The lowest BCUT2D eigenvalue weighted by Gasteiger charge is -2.00. The number of hydrogen-bond acceptors (Lipinski definition) is 5. The molecular weight excluding hydrogens is 228 g/mol. The Kier molecular flexibility index (Phi) is 4.02. The molecule has 0 N–H and O–H groups in total. The van der Waals surface area contributed by atoms with Crippen molar-refractivity contribution in [3.05, 3.63) is 41.8 Å². The van der Waals surface area contributed by atoms with Gasteiger partial charge in [-0.15, -0.1) is 0 Å². The van der Waals surface area contributed by atoms with Crippen LogP contribution in [0.25, 0.3) is 0 Å². The van der Waals surface area contributed by atoms with Gasteiger partial charge in [0.1, 0.15) is 0 Å². The van der Waals surface area contributed by atoms with Crippen LogP contribution in [0.4, 0.5) is 0 Å². The lowest BCUT2D eigenvalue weighted by Crippen LogP contribution is -1.95. The highest BCUT2D eigenvalue weighted by molar-refractivity contribution is 5.13. The average Bonchev–Trinajstić information content (AvgIpc) is 2.86. The van der Waals surface area contributed by atoms with Gasteiger partial charge in [-0.05, 0) is 18.1 Å². The molecule has 1 atom stereocenters. The predicted octanol–water partition coefficient (Wildman–Crippen LogP) is 2.46. The highest BCUT2D eigenvalue weighted by Crippen LogP contribution is 2.18. The summed E-state index contributed by atoms with van der Waals surface area (Å²) < 4.78 is 5.20. The third-order valence-electron chi connectivity index (χ3n) is 2.68. The van der Waals surface area contributed by atoms with Crippen molar-refractivity contribution < 1.29 is 4.52 Å². The van der Waals surface area contributed by atoms with Gasteiger partial charge in [0.05, 0.1) is 6.07 Å². The van der Waals surface area contributed by atoms with Gasteiger partial charge in [-0.1, -0.05) is 18.1 Å². The lowest BCUT2D eigenvalue weighted by atomic mass is 10.1. The maximum absolute atomic E-state index is 8.54. The van der Waals surface area contributed by atoms with Crippen LogP contribution in [0.5, 0.6) is 0 Å². The van der Waals surface area contributed by atoms with E-state index in [2.05, 4.69) is 21.2 Å². The first-order chi connectivity index (χ1) is 8.79. The number of nitriles is 1. The van der Waals surface area contributed by atoms with E-state index in [0.29, 0.717) is 24.6 Å². The van der Waals surface area contributed by atoms with E-state index in [4.69, 9.17) is 9.78 Å². The summed E-state index contributed by atoms with van der Waals surface area (Å²) in [5, 5.41) is 12.5. The smallest absolute Gasteiger partial charge is 0.229 e. The Labute approximate surface area is 105 Å². The molecular formula is C13H14N4O. The topological polar surface area (TPSA) is 75.6 Å². The largest absolute Gasteiger partial charge is 0.339 e. The van der Waals surface area contributed by atoms with Crippen molar-refractivity contribution in [2.75, 3.05) is 0 Å². The Hall–Kier alpha value is -2.22. The molecule has 0 saturated heterocycles. The van der Waals surface area contributed by atoms with E-state index in [1.807, 2.05) is 19.1 Å². The normalized spacial score (nSPS) is 12.0. The molecule has 0 aliphatic carbocycles. The fraction of sp³-hybridized carbons (Fsp3) is 0.385.